The summed E-state index contributed by atoms with van der Waals surface area (Å²) in [5, 5.41) is 4.48. The van der Waals surface area contributed by atoms with E-state index in [0.717, 1.165) is 0 Å². The highest BCUT2D eigenvalue weighted by Crippen LogP contribution is 2.36. The molecule has 3 N–H and O–H groups in total. The van der Waals surface area contributed by atoms with E-state index in [1.165, 1.54) is 6.21 Å². The first kappa shape index (κ1) is 20.7. The van der Waals surface area contributed by atoms with Crippen molar-refractivity contribution in [3.8, 4) is 11.5 Å². The van der Waals surface area contributed by atoms with Gasteiger partial charge in [0.05, 0.1) is 17.3 Å². The predicted octanol–water partition coefficient (Wildman–Crippen LogP) is 3.13. The highest BCUT2D eigenvalue weighted by Gasteiger charge is 2.13. The highest BCUT2D eigenvalue weighted by molar-refractivity contribution is 9.10. The summed E-state index contributed by atoms with van der Waals surface area (Å²) in [6, 6.07) is 9.82. The predicted molar refractivity (Wildman–Crippen MR) is 107 cm³/mol. The van der Waals surface area contributed by atoms with Gasteiger partial charge >= 0.3 is 0 Å². The Labute approximate surface area is 169 Å². The number of halogens is 2. The van der Waals surface area contributed by atoms with Crippen LogP contribution in [0.5, 0.6) is 11.5 Å². The first-order valence-corrected chi connectivity index (χ1v) is 9.04. The summed E-state index contributed by atoms with van der Waals surface area (Å²) < 4.78 is 11.5. The third-order valence-electron chi connectivity index (χ3n) is 3.18. The molecule has 2 aromatic rings. The van der Waals surface area contributed by atoms with E-state index in [4.69, 9.17) is 26.8 Å². The van der Waals surface area contributed by atoms with Gasteiger partial charge in [-0.25, -0.2) is 5.43 Å². The molecule has 0 radical (unpaired) electrons. The summed E-state index contributed by atoms with van der Waals surface area (Å²) >= 11 is 9.16. The minimum Gasteiger partial charge on any atom is -0.490 e. The van der Waals surface area contributed by atoms with Crippen molar-refractivity contribution in [2.45, 2.75) is 6.92 Å². The quantitative estimate of drug-likeness (QED) is 0.472. The number of amides is 2. The molecule has 0 saturated carbocycles. The van der Waals surface area contributed by atoms with Crippen molar-refractivity contribution in [2.24, 2.45) is 10.8 Å². The number of benzene rings is 2. The number of hydrogen-bond donors (Lipinski definition) is 2. The van der Waals surface area contributed by atoms with Crippen LogP contribution < -0.4 is 20.6 Å². The molecule has 0 aliphatic rings. The van der Waals surface area contributed by atoms with Crippen molar-refractivity contribution in [3.63, 3.8) is 0 Å². The fourth-order valence-electron chi connectivity index (χ4n) is 2.04. The lowest BCUT2D eigenvalue weighted by atomic mass is 10.2. The van der Waals surface area contributed by atoms with Crippen molar-refractivity contribution in [1.82, 2.24) is 5.43 Å². The van der Waals surface area contributed by atoms with Gasteiger partial charge < -0.3 is 15.2 Å². The van der Waals surface area contributed by atoms with Gasteiger partial charge in [-0.15, -0.1) is 0 Å². The van der Waals surface area contributed by atoms with Crippen LogP contribution in [0.1, 0.15) is 22.8 Å². The van der Waals surface area contributed by atoms with E-state index >= 15 is 0 Å². The Morgan fingerprint density at radius 2 is 1.96 bits per heavy atom. The van der Waals surface area contributed by atoms with Crippen LogP contribution >= 0.6 is 27.5 Å². The number of rotatable bonds is 8. The number of carbonyl (C=O) groups excluding carboxylic acids is 2. The molecule has 0 heterocycles. The molecule has 0 aliphatic heterocycles. The van der Waals surface area contributed by atoms with Crippen LogP contribution in [-0.2, 0) is 4.79 Å². The van der Waals surface area contributed by atoms with Crippen molar-refractivity contribution in [2.75, 3.05) is 13.2 Å². The van der Waals surface area contributed by atoms with Gasteiger partial charge in [-0.2, -0.15) is 5.10 Å². The zero-order valence-corrected chi connectivity index (χ0v) is 16.7. The molecule has 0 saturated heterocycles. The highest BCUT2D eigenvalue weighted by atomic mass is 79.9. The molecular formula is C18H17BrClN3O4. The number of carbonyl (C=O) groups is 2. The first-order valence-electron chi connectivity index (χ1n) is 7.87. The summed E-state index contributed by atoms with van der Waals surface area (Å²) in [6.07, 6.45) is 1.46. The summed E-state index contributed by atoms with van der Waals surface area (Å²) in [4.78, 5) is 23.0. The molecule has 2 amide bonds. The van der Waals surface area contributed by atoms with Crippen LogP contribution in [0.15, 0.2) is 46.0 Å². The molecule has 7 nitrogen and oxygen atoms in total. The zero-order valence-electron chi connectivity index (χ0n) is 14.4. The zero-order chi connectivity index (χ0) is 19.8. The maximum Gasteiger partial charge on any atom is 0.271 e. The molecule has 2 aromatic carbocycles. The Hall–Kier alpha value is -2.58. The Morgan fingerprint density at radius 1 is 1.26 bits per heavy atom. The number of nitrogens with two attached hydrogens (primary N) is 1. The van der Waals surface area contributed by atoms with Crippen LogP contribution in [0, 0.1) is 0 Å². The van der Waals surface area contributed by atoms with Gasteiger partial charge in [-0.1, -0.05) is 11.6 Å². The number of hydrazone groups is 1. The van der Waals surface area contributed by atoms with Crippen molar-refractivity contribution < 1.29 is 19.1 Å². The Bertz CT molecular complexity index is 856. The summed E-state index contributed by atoms with van der Waals surface area (Å²) in [5.41, 5.74) is 8.62. The second-order valence-corrected chi connectivity index (χ2v) is 6.51. The summed E-state index contributed by atoms with van der Waals surface area (Å²) in [6.45, 7) is 1.94. The number of primary amides is 1. The van der Waals surface area contributed by atoms with Crippen LogP contribution in [0.25, 0.3) is 0 Å². The molecule has 0 bridgehead atoms. The number of nitrogens with zero attached hydrogens (tertiary/aromatic N) is 1. The SMILES string of the molecule is CCOc1cc(/C=N/NC(=O)c2ccc(Cl)cc2)cc(Br)c1OCC(N)=O. The van der Waals surface area contributed by atoms with Crippen LogP contribution in [0.2, 0.25) is 5.02 Å². The summed E-state index contributed by atoms with van der Waals surface area (Å²) in [7, 11) is 0. The van der Waals surface area contributed by atoms with Gasteiger partial charge in [0.2, 0.25) is 0 Å². The van der Waals surface area contributed by atoms with E-state index in [2.05, 4.69) is 26.5 Å². The van der Waals surface area contributed by atoms with Gasteiger partial charge in [-0.3, -0.25) is 9.59 Å². The Balaban J connectivity index is 2.12. The van der Waals surface area contributed by atoms with E-state index in [-0.39, 0.29) is 12.5 Å². The molecule has 0 aromatic heterocycles. The topological polar surface area (TPSA) is 103 Å². The lowest BCUT2D eigenvalue weighted by Crippen LogP contribution is -2.20. The van der Waals surface area contributed by atoms with Gasteiger partial charge in [0.15, 0.2) is 18.1 Å². The van der Waals surface area contributed by atoms with E-state index in [1.54, 1.807) is 36.4 Å². The van der Waals surface area contributed by atoms with Gasteiger partial charge in [0.25, 0.3) is 11.8 Å². The molecule has 0 fully saturated rings. The van der Waals surface area contributed by atoms with Gasteiger partial charge in [-0.05, 0) is 64.8 Å². The van der Waals surface area contributed by atoms with Crippen molar-refractivity contribution in [3.05, 3.63) is 57.0 Å². The third-order valence-corrected chi connectivity index (χ3v) is 4.02. The van der Waals surface area contributed by atoms with E-state index in [0.29, 0.717) is 38.7 Å². The minimum absolute atomic E-state index is 0.275. The van der Waals surface area contributed by atoms with E-state index in [9.17, 15) is 9.59 Å². The van der Waals surface area contributed by atoms with Crippen LogP contribution in [0.4, 0.5) is 0 Å². The van der Waals surface area contributed by atoms with Crippen molar-refractivity contribution >= 4 is 45.6 Å². The monoisotopic (exact) mass is 453 g/mol. The third kappa shape index (κ3) is 6.26. The summed E-state index contributed by atoms with van der Waals surface area (Å²) in [5.74, 6) is -0.190. The standard InChI is InChI=1S/C18H17BrClN3O4/c1-2-26-15-8-11(7-14(19)17(15)27-10-16(21)24)9-22-23-18(25)12-3-5-13(20)6-4-12/h3-9H,2,10H2,1H3,(H2,21,24)(H,23,25)/b22-9+. The molecule has 0 unspecified atom stereocenters. The van der Waals surface area contributed by atoms with Crippen LogP contribution in [0.3, 0.4) is 0 Å². The first-order chi connectivity index (χ1) is 12.9. The van der Waals surface area contributed by atoms with E-state index in [1.807, 2.05) is 6.92 Å². The Kier molecular flexibility index (Phi) is 7.63. The lowest BCUT2D eigenvalue weighted by molar-refractivity contribution is -0.119. The number of ether oxygens (including phenoxy) is 2. The molecule has 0 aliphatic carbocycles. The maximum atomic E-state index is 12.0. The lowest BCUT2D eigenvalue weighted by Gasteiger charge is -2.13. The molecule has 9 heteroatoms. The maximum absolute atomic E-state index is 12.0. The number of hydrogen-bond acceptors (Lipinski definition) is 5. The molecule has 142 valence electrons. The normalized spacial score (nSPS) is 10.6. The van der Waals surface area contributed by atoms with Gasteiger partial charge in [0.1, 0.15) is 0 Å². The number of nitrogens with one attached hydrogen (secondary N) is 1. The smallest absolute Gasteiger partial charge is 0.271 e. The Morgan fingerprint density at radius 3 is 2.59 bits per heavy atom. The average molecular weight is 455 g/mol. The second kappa shape index (κ2) is 9.94. The molecule has 0 atom stereocenters. The van der Waals surface area contributed by atoms with Crippen molar-refractivity contribution in [1.29, 1.82) is 0 Å². The van der Waals surface area contributed by atoms with Gasteiger partial charge in [0, 0.05) is 10.6 Å². The minimum atomic E-state index is -0.597. The fraction of sp³-hybridized carbons (Fsp3) is 0.167. The molecule has 27 heavy (non-hydrogen) atoms. The average Bonchev–Trinajstić information content (AvgIpc) is 2.61. The molecule has 2 rings (SSSR count). The second-order valence-electron chi connectivity index (χ2n) is 5.22. The largest absolute Gasteiger partial charge is 0.490 e. The molecular weight excluding hydrogens is 438 g/mol. The fourth-order valence-corrected chi connectivity index (χ4v) is 2.74. The van der Waals surface area contributed by atoms with Crippen LogP contribution in [-0.4, -0.2) is 31.2 Å². The van der Waals surface area contributed by atoms with E-state index < -0.39 is 5.91 Å². The molecule has 0 spiro atoms.